The van der Waals surface area contributed by atoms with Gasteiger partial charge in [0.25, 0.3) is 11.8 Å². The molecule has 1 atom stereocenters. The SMILES string of the molecule is COc1ccccc1C(=O)NCc1nnc(SCC(=O)N2N=C(c3cccs3)C[C@@H]2c2ccc(C)cc2)n1-c1cccc(C)c1. The van der Waals surface area contributed by atoms with Crippen molar-refractivity contribution in [2.24, 2.45) is 5.10 Å². The molecule has 6 rings (SSSR count). The van der Waals surface area contributed by atoms with Crippen molar-refractivity contribution < 1.29 is 14.3 Å². The predicted molar refractivity (Wildman–Crippen MR) is 177 cm³/mol. The summed E-state index contributed by atoms with van der Waals surface area (Å²) in [6.07, 6.45) is 0.648. The maximum Gasteiger partial charge on any atom is 0.255 e. The molecule has 0 bridgehead atoms. The Labute approximate surface area is 270 Å². The van der Waals surface area contributed by atoms with Gasteiger partial charge in [0.1, 0.15) is 5.75 Å². The van der Waals surface area contributed by atoms with Crippen molar-refractivity contribution in [1.29, 1.82) is 0 Å². The van der Waals surface area contributed by atoms with Gasteiger partial charge in [0.2, 0.25) is 0 Å². The normalized spacial score (nSPS) is 14.3. The molecule has 0 saturated heterocycles. The Kier molecular flexibility index (Phi) is 9.08. The predicted octanol–water partition coefficient (Wildman–Crippen LogP) is 6.35. The number of nitrogens with one attached hydrogen (secondary N) is 1. The van der Waals surface area contributed by atoms with Gasteiger partial charge in [-0.3, -0.25) is 14.2 Å². The van der Waals surface area contributed by atoms with Gasteiger partial charge in [-0.05, 0) is 60.7 Å². The Morgan fingerprint density at radius 3 is 2.56 bits per heavy atom. The van der Waals surface area contributed by atoms with Crippen LogP contribution >= 0.6 is 23.1 Å². The fourth-order valence-electron chi connectivity index (χ4n) is 5.19. The van der Waals surface area contributed by atoms with E-state index in [1.165, 1.54) is 18.9 Å². The van der Waals surface area contributed by atoms with Crippen LogP contribution in [0.1, 0.15) is 50.2 Å². The van der Waals surface area contributed by atoms with Gasteiger partial charge < -0.3 is 10.1 Å². The second-order valence-corrected chi connectivity index (χ2v) is 12.5. The van der Waals surface area contributed by atoms with Crippen molar-refractivity contribution in [3.63, 3.8) is 0 Å². The maximum atomic E-state index is 13.8. The zero-order chi connectivity index (χ0) is 31.3. The largest absolute Gasteiger partial charge is 0.496 e. The van der Waals surface area contributed by atoms with Crippen molar-refractivity contribution in [2.45, 2.75) is 38.0 Å². The van der Waals surface area contributed by atoms with E-state index >= 15 is 0 Å². The summed E-state index contributed by atoms with van der Waals surface area (Å²) >= 11 is 2.92. The summed E-state index contributed by atoms with van der Waals surface area (Å²) in [5, 5.41) is 20.8. The van der Waals surface area contributed by atoms with Gasteiger partial charge in [-0.1, -0.05) is 71.9 Å². The number of benzene rings is 3. The monoisotopic (exact) mass is 636 g/mol. The minimum Gasteiger partial charge on any atom is -0.496 e. The van der Waals surface area contributed by atoms with Crippen LogP contribution in [-0.2, 0) is 11.3 Å². The standard InChI is InChI=1S/C34H32N6O3S2/c1-22-13-15-24(16-14-22)28-19-27(30-12-7-17-44-30)38-40(28)32(41)21-45-34-37-36-31(39(34)25-9-6-8-23(2)18-25)20-35-33(42)26-10-4-5-11-29(26)43-3/h4-18,28H,19-21H2,1-3H3,(H,35,42)/t28-/m1/s1. The van der Waals surface area contributed by atoms with Crippen LogP contribution in [0.3, 0.4) is 0 Å². The quantitative estimate of drug-likeness (QED) is 0.179. The van der Waals surface area contributed by atoms with Gasteiger partial charge in [0, 0.05) is 12.1 Å². The van der Waals surface area contributed by atoms with Crippen LogP contribution < -0.4 is 10.1 Å². The summed E-state index contributed by atoms with van der Waals surface area (Å²) < 4.78 is 7.24. The van der Waals surface area contributed by atoms with Gasteiger partial charge in [0.15, 0.2) is 11.0 Å². The summed E-state index contributed by atoms with van der Waals surface area (Å²) in [5.74, 6) is 0.727. The lowest BCUT2D eigenvalue weighted by Gasteiger charge is -2.22. The van der Waals surface area contributed by atoms with E-state index in [9.17, 15) is 9.59 Å². The van der Waals surface area contributed by atoms with E-state index in [4.69, 9.17) is 9.84 Å². The highest BCUT2D eigenvalue weighted by Gasteiger charge is 2.33. The Balaban J connectivity index is 1.24. The molecule has 1 N–H and O–H groups in total. The van der Waals surface area contributed by atoms with Crippen LogP contribution in [0.4, 0.5) is 0 Å². The number of methoxy groups -OCH3 is 1. The molecular weight excluding hydrogens is 605 g/mol. The molecule has 11 heteroatoms. The van der Waals surface area contributed by atoms with Crippen molar-refractivity contribution in [1.82, 2.24) is 25.1 Å². The number of para-hydroxylation sites is 1. The first-order chi connectivity index (χ1) is 21.9. The second kappa shape index (κ2) is 13.5. The highest BCUT2D eigenvalue weighted by Crippen LogP contribution is 2.35. The smallest absolute Gasteiger partial charge is 0.255 e. The Bertz CT molecular complexity index is 1850. The number of rotatable bonds is 10. The molecule has 0 aliphatic carbocycles. The minimum absolute atomic E-state index is 0.112. The first-order valence-electron chi connectivity index (χ1n) is 14.5. The topological polar surface area (TPSA) is 102 Å². The van der Waals surface area contributed by atoms with Gasteiger partial charge in [-0.15, -0.1) is 21.5 Å². The van der Waals surface area contributed by atoms with E-state index in [2.05, 4.69) is 39.8 Å². The van der Waals surface area contributed by atoms with Crippen LogP contribution in [0, 0.1) is 13.8 Å². The van der Waals surface area contributed by atoms with E-state index in [-0.39, 0.29) is 30.2 Å². The van der Waals surface area contributed by atoms with Gasteiger partial charge in [0.05, 0.1) is 41.6 Å². The molecule has 0 saturated carbocycles. The number of hydrogen-bond acceptors (Lipinski definition) is 8. The Hall–Kier alpha value is -4.74. The molecule has 1 aliphatic rings. The molecule has 2 amide bonds. The molecule has 2 aromatic heterocycles. The first kappa shape index (κ1) is 30.3. The number of aryl methyl sites for hydroxylation is 2. The number of thiophene rings is 1. The average Bonchev–Trinajstić information content (AvgIpc) is 3.83. The van der Waals surface area contributed by atoms with Gasteiger partial charge in [-0.2, -0.15) is 5.10 Å². The zero-order valence-corrected chi connectivity index (χ0v) is 26.8. The second-order valence-electron chi connectivity index (χ2n) is 10.6. The number of carbonyl (C=O) groups excluding carboxylic acids is 2. The number of amides is 2. The number of carbonyl (C=O) groups is 2. The van der Waals surface area contributed by atoms with Crippen LogP contribution in [-0.4, -0.2) is 50.2 Å². The van der Waals surface area contributed by atoms with Crippen LogP contribution in [0.2, 0.25) is 0 Å². The highest BCUT2D eigenvalue weighted by molar-refractivity contribution is 7.99. The summed E-state index contributed by atoms with van der Waals surface area (Å²) in [4.78, 5) is 27.9. The van der Waals surface area contributed by atoms with E-state index in [1.807, 2.05) is 66.3 Å². The number of thioether (sulfide) groups is 1. The van der Waals surface area contributed by atoms with Crippen LogP contribution in [0.5, 0.6) is 5.75 Å². The van der Waals surface area contributed by atoms with Gasteiger partial charge >= 0.3 is 0 Å². The maximum absolute atomic E-state index is 13.8. The summed E-state index contributed by atoms with van der Waals surface area (Å²) in [6, 6.07) is 27.1. The molecule has 0 spiro atoms. The van der Waals surface area contributed by atoms with Gasteiger partial charge in [-0.25, -0.2) is 5.01 Å². The van der Waals surface area contributed by atoms with Crippen molar-refractivity contribution >= 4 is 40.6 Å². The molecule has 3 heterocycles. The number of ether oxygens (including phenoxy) is 1. The van der Waals surface area contributed by atoms with E-state index in [0.29, 0.717) is 28.7 Å². The molecule has 0 fully saturated rings. The van der Waals surface area contributed by atoms with Crippen molar-refractivity contribution in [2.75, 3.05) is 12.9 Å². The number of hydrogen-bond donors (Lipinski definition) is 1. The van der Waals surface area contributed by atoms with E-state index < -0.39 is 0 Å². The molecule has 0 unspecified atom stereocenters. The first-order valence-corrected chi connectivity index (χ1v) is 16.3. The summed E-state index contributed by atoms with van der Waals surface area (Å²) in [6.45, 7) is 4.19. The van der Waals surface area contributed by atoms with E-state index in [0.717, 1.165) is 33.0 Å². The lowest BCUT2D eigenvalue weighted by molar-refractivity contribution is -0.130. The molecule has 9 nitrogen and oxygen atoms in total. The third-order valence-electron chi connectivity index (χ3n) is 7.48. The molecule has 0 radical (unpaired) electrons. The molecule has 228 valence electrons. The fourth-order valence-corrected chi connectivity index (χ4v) is 6.74. The third kappa shape index (κ3) is 6.69. The molecule has 5 aromatic rings. The number of hydrazone groups is 1. The molecule has 45 heavy (non-hydrogen) atoms. The van der Waals surface area contributed by atoms with Crippen molar-refractivity contribution in [3.8, 4) is 11.4 Å². The molecular formula is C34H32N6O3S2. The average molecular weight is 637 g/mol. The van der Waals surface area contributed by atoms with Crippen molar-refractivity contribution in [3.05, 3.63) is 123 Å². The lowest BCUT2D eigenvalue weighted by Crippen LogP contribution is -2.28. The Morgan fingerprint density at radius 1 is 0.978 bits per heavy atom. The Morgan fingerprint density at radius 2 is 1.80 bits per heavy atom. The molecule has 3 aromatic carbocycles. The minimum atomic E-state index is -0.286. The lowest BCUT2D eigenvalue weighted by atomic mass is 10.00. The van der Waals surface area contributed by atoms with E-state index in [1.54, 1.807) is 34.5 Å². The summed E-state index contributed by atoms with van der Waals surface area (Å²) in [7, 11) is 1.53. The third-order valence-corrected chi connectivity index (χ3v) is 9.31. The number of aromatic nitrogens is 3. The van der Waals surface area contributed by atoms with Crippen LogP contribution in [0.25, 0.3) is 5.69 Å². The number of nitrogens with zero attached hydrogens (tertiary/aromatic N) is 5. The van der Waals surface area contributed by atoms with Crippen LogP contribution in [0.15, 0.2) is 101 Å². The molecule has 1 aliphatic heterocycles. The zero-order valence-electron chi connectivity index (χ0n) is 25.1. The highest BCUT2D eigenvalue weighted by atomic mass is 32.2. The summed E-state index contributed by atoms with van der Waals surface area (Å²) in [5.41, 5.74) is 5.45. The fraction of sp³-hybridized carbons (Fsp3) is 0.206.